The molecule has 2 rings (SSSR count). The molecule has 1 aromatic heterocycles. The Morgan fingerprint density at radius 2 is 1.86 bits per heavy atom. The molecule has 0 spiro atoms. The maximum atomic E-state index is 11.9. The van der Waals surface area contributed by atoms with Crippen molar-refractivity contribution in [3.63, 3.8) is 0 Å². The van der Waals surface area contributed by atoms with E-state index in [2.05, 4.69) is 0 Å². The van der Waals surface area contributed by atoms with E-state index in [4.69, 9.17) is 4.74 Å². The molecule has 0 unspecified atom stereocenters. The molecule has 0 amide bonds. The van der Waals surface area contributed by atoms with Gasteiger partial charge in [-0.2, -0.15) is 0 Å². The summed E-state index contributed by atoms with van der Waals surface area (Å²) in [5, 5.41) is 0. The highest BCUT2D eigenvalue weighted by atomic mass is 16.5. The maximum Gasteiger partial charge on any atom is 0.331 e. The van der Waals surface area contributed by atoms with Crippen molar-refractivity contribution < 1.29 is 9.53 Å². The second kappa shape index (κ2) is 6.71. The molecule has 1 heterocycles. The smallest absolute Gasteiger partial charge is 0.331 e. The Morgan fingerprint density at radius 3 is 2.55 bits per heavy atom. The minimum atomic E-state index is -0.556. The van der Waals surface area contributed by atoms with Crippen LogP contribution in [-0.2, 0) is 30.2 Å². The van der Waals surface area contributed by atoms with E-state index >= 15 is 0 Å². The first-order chi connectivity index (χ1) is 10.5. The molecule has 0 aliphatic carbocycles. The van der Waals surface area contributed by atoms with E-state index < -0.39 is 17.2 Å². The van der Waals surface area contributed by atoms with Crippen LogP contribution in [0.1, 0.15) is 11.1 Å². The molecule has 6 heteroatoms. The minimum absolute atomic E-state index is 0.162. The van der Waals surface area contributed by atoms with E-state index in [-0.39, 0.29) is 12.2 Å². The maximum absolute atomic E-state index is 11.9. The van der Waals surface area contributed by atoms with Crippen LogP contribution in [0.5, 0.6) is 0 Å². The largest absolute Gasteiger partial charge is 0.458 e. The van der Waals surface area contributed by atoms with Crippen molar-refractivity contribution in [3.8, 4) is 0 Å². The highest BCUT2D eigenvalue weighted by Gasteiger charge is 2.05. The van der Waals surface area contributed by atoms with Gasteiger partial charge in [-0.1, -0.05) is 30.3 Å². The van der Waals surface area contributed by atoms with Crippen LogP contribution in [0.25, 0.3) is 6.08 Å². The number of ether oxygens (including phenoxy) is 1. The zero-order valence-electron chi connectivity index (χ0n) is 12.4. The van der Waals surface area contributed by atoms with Crippen LogP contribution in [0.4, 0.5) is 0 Å². The van der Waals surface area contributed by atoms with Gasteiger partial charge in [0, 0.05) is 26.4 Å². The third-order valence-corrected chi connectivity index (χ3v) is 3.10. The number of hydrogen-bond donors (Lipinski definition) is 0. The fourth-order valence-electron chi connectivity index (χ4n) is 1.89. The van der Waals surface area contributed by atoms with Gasteiger partial charge in [0.15, 0.2) is 0 Å². The highest BCUT2D eigenvalue weighted by molar-refractivity contribution is 5.86. The summed E-state index contributed by atoms with van der Waals surface area (Å²) in [7, 11) is 2.92. The van der Waals surface area contributed by atoms with E-state index in [1.165, 1.54) is 37.0 Å². The van der Waals surface area contributed by atoms with Crippen LogP contribution in [0.15, 0.2) is 52.2 Å². The molecular weight excluding hydrogens is 284 g/mol. The van der Waals surface area contributed by atoms with Gasteiger partial charge < -0.3 is 9.30 Å². The third-order valence-electron chi connectivity index (χ3n) is 3.10. The average Bonchev–Trinajstić information content (AvgIpc) is 2.54. The molecule has 0 saturated carbocycles. The Balaban J connectivity index is 2.07. The van der Waals surface area contributed by atoms with Crippen LogP contribution in [0, 0.1) is 0 Å². The second-order valence-electron chi connectivity index (χ2n) is 4.77. The summed E-state index contributed by atoms with van der Waals surface area (Å²) in [5.74, 6) is -0.556. The zero-order chi connectivity index (χ0) is 16.1. The van der Waals surface area contributed by atoms with Gasteiger partial charge in [0.1, 0.15) is 6.61 Å². The number of hydrogen-bond acceptors (Lipinski definition) is 4. The van der Waals surface area contributed by atoms with E-state index in [1.54, 1.807) is 0 Å². The summed E-state index contributed by atoms with van der Waals surface area (Å²) in [5.41, 5.74) is 0.229. The molecular formula is C16H16N2O4. The molecule has 0 aliphatic rings. The molecule has 2 aromatic rings. The van der Waals surface area contributed by atoms with Crippen LogP contribution in [-0.4, -0.2) is 15.1 Å². The number of aryl methyl sites for hydroxylation is 1. The lowest BCUT2D eigenvalue weighted by Crippen LogP contribution is -2.37. The van der Waals surface area contributed by atoms with Gasteiger partial charge in [0.2, 0.25) is 0 Å². The van der Waals surface area contributed by atoms with Crippen molar-refractivity contribution in [1.82, 2.24) is 9.13 Å². The summed E-state index contributed by atoms with van der Waals surface area (Å²) in [6.45, 7) is 0.162. The summed E-state index contributed by atoms with van der Waals surface area (Å²) < 4.78 is 7.33. The first kappa shape index (κ1) is 15.5. The zero-order valence-corrected chi connectivity index (χ0v) is 12.4. The lowest BCUT2D eigenvalue weighted by molar-refractivity contribution is -0.138. The fraction of sp³-hybridized carbons (Fsp3) is 0.188. The van der Waals surface area contributed by atoms with Crippen LogP contribution in [0.3, 0.4) is 0 Å². The molecule has 22 heavy (non-hydrogen) atoms. The molecule has 0 saturated heterocycles. The second-order valence-corrected chi connectivity index (χ2v) is 4.77. The molecule has 0 fully saturated rings. The van der Waals surface area contributed by atoms with Crippen molar-refractivity contribution in [3.05, 3.63) is 74.6 Å². The van der Waals surface area contributed by atoms with Gasteiger partial charge in [-0.3, -0.25) is 9.36 Å². The predicted molar refractivity (Wildman–Crippen MR) is 82.2 cm³/mol. The summed E-state index contributed by atoms with van der Waals surface area (Å²) in [6, 6.07) is 9.28. The number of aromatic nitrogens is 2. The van der Waals surface area contributed by atoms with Gasteiger partial charge >= 0.3 is 11.7 Å². The molecule has 0 aliphatic heterocycles. The van der Waals surface area contributed by atoms with Crippen molar-refractivity contribution in [2.24, 2.45) is 14.1 Å². The lowest BCUT2D eigenvalue weighted by atomic mass is 10.2. The van der Waals surface area contributed by atoms with Crippen molar-refractivity contribution in [2.75, 3.05) is 0 Å². The Labute approximate surface area is 126 Å². The normalized spacial score (nSPS) is 10.8. The van der Waals surface area contributed by atoms with E-state index in [1.807, 2.05) is 30.3 Å². The molecule has 6 nitrogen and oxygen atoms in total. The van der Waals surface area contributed by atoms with Gasteiger partial charge in [0.25, 0.3) is 5.56 Å². The third kappa shape index (κ3) is 3.60. The monoisotopic (exact) mass is 300 g/mol. The van der Waals surface area contributed by atoms with Crippen LogP contribution < -0.4 is 11.2 Å². The average molecular weight is 300 g/mol. The number of carbonyl (C=O) groups is 1. The van der Waals surface area contributed by atoms with Gasteiger partial charge in [-0.15, -0.1) is 0 Å². The van der Waals surface area contributed by atoms with Crippen LogP contribution in [0.2, 0.25) is 0 Å². The number of carbonyl (C=O) groups excluding carboxylic acids is 1. The van der Waals surface area contributed by atoms with Crippen molar-refractivity contribution in [2.45, 2.75) is 6.61 Å². The Bertz CT molecular complexity index is 816. The molecule has 0 radical (unpaired) electrons. The molecule has 114 valence electrons. The SMILES string of the molecule is Cn1cc(/C=C/C(=O)OCc2ccccc2)c(=O)n(C)c1=O. The Morgan fingerprint density at radius 1 is 1.18 bits per heavy atom. The topological polar surface area (TPSA) is 70.3 Å². The molecule has 1 aromatic carbocycles. The van der Waals surface area contributed by atoms with E-state index in [0.717, 1.165) is 10.1 Å². The fourth-order valence-corrected chi connectivity index (χ4v) is 1.89. The predicted octanol–water partition coefficient (Wildman–Crippen LogP) is 0.841. The summed E-state index contributed by atoms with van der Waals surface area (Å²) >= 11 is 0. The molecule has 0 bridgehead atoms. The highest BCUT2D eigenvalue weighted by Crippen LogP contribution is 2.01. The first-order valence-corrected chi connectivity index (χ1v) is 6.64. The quantitative estimate of drug-likeness (QED) is 0.620. The standard InChI is InChI=1S/C16H16N2O4/c1-17-10-13(15(20)18(2)16(17)21)8-9-14(19)22-11-12-6-4-3-5-7-12/h3-10H,11H2,1-2H3/b9-8+. The summed E-state index contributed by atoms with van der Waals surface area (Å²) in [6.07, 6.45) is 3.89. The van der Waals surface area contributed by atoms with Crippen molar-refractivity contribution in [1.29, 1.82) is 0 Å². The first-order valence-electron chi connectivity index (χ1n) is 6.64. The molecule has 0 atom stereocenters. The number of nitrogens with zero attached hydrogens (tertiary/aromatic N) is 2. The van der Waals surface area contributed by atoms with Crippen LogP contribution >= 0.6 is 0 Å². The van der Waals surface area contributed by atoms with E-state index in [9.17, 15) is 14.4 Å². The Kier molecular flexibility index (Phi) is 4.73. The number of benzene rings is 1. The van der Waals surface area contributed by atoms with E-state index in [0.29, 0.717) is 0 Å². The Hall–Kier alpha value is -2.89. The number of esters is 1. The van der Waals surface area contributed by atoms with Crippen molar-refractivity contribution >= 4 is 12.0 Å². The van der Waals surface area contributed by atoms with Gasteiger partial charge in [-0.25, -0.2) is 9.59 Å². The molecule has 0 N–H and O–H groups in total. The summed E-state index contributed by atoms with van der Waals surface area (Å²) in [4.78, 5) is 35.1. The van der Waals surface area contributed by atoms with Gasteiger partial charge in [0.05, 0.1) is 5.56 Å². The number of rotatable bonds is 4. The lowest BCUT2D eigenvalue weighted by Gasteiger charge is -2.03. The minimum Gasteiger partial charge on any atom is -0.458 e. The van der Waals surface area contributed by atoms with Gasteiger partial charge in [-0.05, 0) is 11.6 Å².